The summed E-state index contributed by atoms with van der Waals surface area (Å²) in [5.74, 6) is -0.522. The molecule has 0 rings (SSSR count). The Bertz CT molecular complexity index is 1450. The van der Waals surface area contributed by atoms with Crippen LogP contribution in [0.25, 0.3) is 0 Å². The molecule has 0 spiro atoms. The molecule has 0 aromatic heterocycles. The molecular weight excluding hydrogens is 1000 g/mol. The number of nitrogens with zero attached hydrogens (tertiary/aromatic N) is 1. The highest BCUT2D eigenvalue weighted by molar-refractivity contribution is 7.45. The maximum atomic E-state index is 13.6. The molecule has 1 N–H and O–H groups in total. The van der Waals surface area contributed by atoms with E-state index in [9.17, 15) is 19.0 Å². The number of phosphoric ester groups is 1. The fourth-order valence-corrected chi connectivity index (χ4v) is 11.0. The number of hydrogen-bond acceptors (Lipinski definition) is 7. The number of nitrogens with one attached hydrogen (secondary N) is 1. The van der Waals surface area contributed by atoms with Crippen molar-refractivity contribution in [3.8, 4) is 0 Å². The van der Waals surface area contributed by atoms with Crippen LogP contribution in [0, 0.1) is 0 Å². The minimum atomic E-state index is -4.70. The molecule has 0 radical (unpaired) electrons. The van der Waals surface area contributed by atoms with Crippen molar-refractivity contribution in [2.45, 2.75) is 354 Å². The molecule has 0 aromatic carbocycles. The quantitative estimate of drug-likeness (QED) is 0.0212. The second kappa shape index (κ2) is 59.4. The molecule has 0 aliphatic heterocycles. The lowest BCUT2D eigenvalue weighted by Gasteiger charge is -2.30. The summed E-state index contributed by atoms with van der Waals surface area (Å²) in [7, 11) is 1.20. The minimum Gasteiger partial charge on any atom is -0.756 e. The number of hydrogen-bond donors (Lipinski definition) is 1. The first-order valence-electron chi connectivity index (χ1n) is 34.3. The maximum Gasteiger partial charge on any atom is 0.306 e. The van der Waals surface area contributed by atoms with E-state index in [1.165, 1.54) is 244 Å². The van der Waals surface area contributed by atoms with Crippen molar-refractivity contribution in [1.29, 1.82) is 0 Å². The Hall–Kier alpha value is -1.77. The SMILES string of the molecule is CCCCC/C=C\C/C=C\CCCCCCCCCCCCCCCCCCCC(=O)NC(COP(=O)([O-])OCC[N+](C)(C)C)C(/C=C\CCCCCCCCCCCC)OC(=O)CCCCCCCCCCCCCCCC. The highest BCUT2D eigenvalue weighted by Gasteiger charge is 2.27. The third-order valence-electron chi connectivity index (χ3n) is 15.6. The van der Waals surface area contributed by atoms with Gasteiger partial charge in [-0.05, 0) is 63.9 Å². The highest BCUT2D eigenvalue weighted by atomic mass is 31.2. The van der Waals surface area contributed by atoms with Crippen molar-refractivity contribution >= 4 is 19.7 Å². The van der Waals surface area contributed by atoms with Gasteiger partial charge in [-0.2, -0.15) is 0 Å². The molecule has 79 heavy (non-hydrogen) atoms. The molecule has 0 saturated heterocycles. The smallest absolute Gasteiger partial charge is 0.306 e. The lowest BCUT2D eigenvalue weighted by atomic mass is 10.0. The number of phosphoric acid groups is 1. The summed E-state index contributed by atoms with van der Waals surface area (Å²) in [5.41, 5.74) is 0. The van der Waals surface area contributed by atoms with Crippen molar-refractivity contribution in [1.82, 2.24) is 5.32 Å². The molecule has 1 amide bonds. The van der Waals surface area contributed by atoms with Crippen LogP contribution in [0.1, 0.15) is 342 Å². The Labute approximate surface area is 491 Å². The number of unbranched alkanes of at least 4 members (excludes halogenated alkanes) is 43. The predicted octanol–water partition coefficient (Wildman–Crippen LogP) is 20.8. The van der Waals surface area contributed by atoms with Crippen LogP contribution in [-0.4, -0.2) is 69.4 Å². The number of amides is 1. The van der Waals surface area contributed by atoms with Crippen LogP contribution in [0.4, 0.5) is 0 Å². The summed E-state index contributed by atoms with van der Waals surface area (Å²) < 4.78 is 30.4. The topological polar surface area (TPSA) is 114 Å². The Balaban J connectivity index is 4.97. The van der Waals surface area contributed by atoms with Crippen molar-refractivity contribution < 1.29 is 37.3 Å². The molecule has 3 atom stereocenters. The van der Waals surface area contributed by atoms with E-state index in [1.54, 1.807) is 0 Å². The van der Waals surface area contributed by atoms with Crippen molar-refractivity contribution in [2.75, 3.05) is 40.9 Å². The summed E-state index contributed by atoms with van der Waals surface area (Å²) in [6, 6.07) is -0.883. The zero-order valence-electron chi connectivity index (χ0n) is 53.3. The molecule has 0 saturated carbocycles. The fraction of sp³-hybridized carbons (Fsp3) is 0.884. The van der Waals surface area contributed by atoms with Gasteiger partial charge in [-0.25, -0.2) is 0 Å². The van der Waals surface area contributed by atoms with E-state index < -0.39 is 20.0 Å². The van der Waals surface area contributed by atoms with E-state index in [0.717, 1.165) is 64.2 Å². The van der Waals surface area contributed by atoms with Gasteiger partial charge in [-0.3, -0.25) is 14.2 Å². The summed E-state index contributed by atoms with van der Waals surface area (Å²) in [6.45, 7) is 6.87. The summed E-state index contributed by atoms with van der Waals surface area (Å²) in [4.78, 5) is 40.1. The predicted molar refractivity (Wildman–Crippen MR) is 340 cm³/mol. The van der Waals surface area contributed by atoms with E-state index in [-0.39, 0.29) is 31.5 Å². The first-order chi connectivity index (χ1) is 38.4. The summed E-state index contributed by atoms with van der Waals surface area (Å²) in [5, 5.41) is 3.04. The molecule has 466 valence electrons. The molecule has 0 bridgehead atoms. The number of quaternary nitrogens is 1. The van der Waals surface area contributed by atoms with E-state index in [1.807, 2.05) is 33.3 Å². The van der Waals surface area contributed by atoms with Gasteiger partial charge in [0.1, 0.15) is 19.3 Å². The normalized spacial score (nSPS) is 13.8. The zero-order valence-corrected chi connectivity index (χ0v) is 54.2. The molecule has 0 aliphatic carbocycles. The number of allylic oxidation sites excluding steroid dienone is 5. The Morgan fingerprint density at radius 1 is 0.443 bits per heavy atom. The lowest BCUT2D eigenvalue weighted by Crippen LogP contribution is -2.47. The first kappa shape index (κ1) is 77.2. The third kappa shape index (κ3) is 60.6. The Morgan fingerprint density at radius 3 is 1.16 bits per heavy atom. The molecule has 0 aliphatic rings. The summed E-state index contributed by atoms with van der Waals surface area (Å²) >= 11 is 0. The van der Waals surface area contributed by atoms with Gasteiger partial charge < -0.3 is 28.5 Å². The van der Waals surface area contributed by atoms with Crippen LogP contribution in [0.15, 0.2) is 36.5 Å². The molecule has 0 aromatic rings. The van der Waals surface area contributed by atoms with Gasteiger partial charge in [-0.15, -0.1) is 0 Å². The number of esters is 1. The average Bonchev–Trinajstić information content (AvgIpc) is 3.41. The molecular formula is C69H133N2O7P. The van der Waals surface area contributed by atoms with Crippen molar-refractivity contribution in [2.24, 2.45) is 0 Å². The van der Waals surface area contributed by atoms with Crippen molar-refractivity contribution in [3.05, 3.63) is 36.5 Å². The Kier molecular flexibility index (Phi) is 58.1. The fourth-order valence-electron chi connectivity index (χ4n) is 10.3. The number of carbonyl (C=O) groups is 2. The lowest BCUT2D eigenvalue weighted by molar-refractivity contribution is -0.870. The van der Waals surface area contributed by atoms with Gasteiger partial charge in [-0.1, -0.05) is 302 Å². The second-order valence-electron chi connectivity index (χ2n) is 24.7. The van der Waals surface area contributed by atoms with Crippen LogP contribution in [-0.2, 0) is 27.9 Å². The molecule has 0 heterocycles. The third-order valence-corrected chi connectivity index (χ3v) is 16.5. The van der Waals surface area contributed by atoms with Crippen LogP contribution in [0.5, 0.6) is 0 Å². The number of likely N-dealkylation sites (N-methyl/N-ethyl adjacent to an activating group) is 1. The van der Waals surface area contributed by atoms with Gasteiger partial charge in [0.2, 0.25) is 5.91 Å². The van der Waals surface area contributed by atoms with Gasteiger partial charge in [0, 0.05) is 12.8 Å². The van der Waals surface area contributed by atoms with E-state index in [0.29, 0.717) is 17.4 Å². The average molecular weight is 1130 g/mol. The minimum absolute atomic E-state index is 0.0188. The van der Waals surface area contributed by atoms with E-state index in [4.69, 9.17) is 13.8 Å². The Morgan fingerprint density at radius 2 is 0.772 bits per heavy atom. The van der Waals surface area contributed by atoms with Crippen LogP contribution < -0.4 is 10.2 Å². The van der Waals surface area contributed by atoms with Gasteiger partial charge in [0.25, 0.3) is 7.82 Å². The van der Waals surface area contributed by atoms with E-state index >= 15 is 0 Å². The van der Waals surface area contributed by atoms with Gasteiger partial charge in [0.05, 0.1) is 33.8 Å². The molecule has 3 unspecified atom stereocenters. The van der Waals surface area contributed by atoms with E-state index in [2.05, 4.69) is 50.4 Å². The standard InChI is InChI=1S/C69H133N2O7P/c1-7-10-13-16-19-22-25-28-30-31-32-33-34-35-36-37-38-39-40-41-42-43-46-49-52-55-58-61-68(72)70-66(65-77-79(74,75)76-64-63-71(4,5)6)67(60-57-54-51-48-45-27-24-21-18-15-12-9-3)78-69(73)62-59-56-53-50-47-44-29-26-23-20-17-14-11-8-2/h19,22,28,30,57,60,66-67H,7-18,20-21,23-27,29,31-56,58-59,61-65H2,1-6H3,(H-,70,72,74,75)/b22-19-,30-28-,60-57-. The highest BCUT2D eigenvalue weighted by Crippen LogP contribution is 2.38. The number of rotatable bonds is 63. The number of ether oxygens (including phenoxy) is 1. The molecule has 10 heteroatoms. The molecule has 9 nitrogen and oxygen atoms in total. The largest absolute Gasteiger partial charge is 0.756 e. The maximum absolute atomic E-state index is 13.6. The van der Waals surface area contributed by atoms with Gasteiger partial charge >= 0.3 is 5.97 Å². The second-order valence-corrected chi connectivity index (χ2v) is 26.1. The first-order valence-corrected chi connectivity index (χ1v) is 35.8. The van der Waals surface area contributed by atoms with Crippen molar-refractivity contribution in [3.63, 3.8) is 0 Å². The van der Waals surface area contributed by atoms with Crippen LogP contribution >= 0.6 is 7.82 Å². The summed E-state index contributed by atoms with van der Waals surface area (Å²) in [6.07, 6.45) is 72.7. The van der Waals surface area contributed by atoms with Crippen LogP contribution in [0.2, 0.25) is 0 Å². The zero-order chi connectivity index (χ0) is 57.9. The number of carbonyl (C=O) groups excluding carboxylic acids is 2. The molecule has 0 fully saturated rings. The monoisotopic (exact) mass is 1130 g/mol. The van der Waals surface area contributed by atoms with Crippen LogP contribution in [0.3, 0.4) is 0 Å². The van der Waals surface area contributed by atoms with Gasteiger partial charge in [0.15, 0.2) is 0 Å².